The first-order valence-corrected chi connectivity index (χ1v) is 15.9. The molecule has 1 aliphatic heterocycles. The summed E-state index contributed by atoms with van der Waals surface area (Å²) in [5, 5.41) is 10.6. The highest BCUT2D eigenvalue weighted by molar-refractivity contribution is 6.05. The summed E-state index contributed by atoms with van der Waals surface area (Å²) in [5.74, 6) is -3.96. The molecule has 47 heavy (non-hydrogen) atoms. The van der Waals surface area contributed by atoms with Crippen molar-refractivity contribution in [1.29, 1.82) is 0 Å². The molecule has 4 rings (SSSR count). The average molecular weight is 657 g/mol. The summed E-state index contributed by atoms with van der Waals surface area (Å²) in [4.78, 5) is 73.6. The maximum atomic E-state index is 14.3. The summed E-state index contributed by atoms with van der Waals surface area (Å²) in [7, 11) is 0. The Kier molecular flexibility index (Phi) is 10.8. The molecule has 2 heterocycles. The van der Waals surface area contributed by atoms with Crippen molar-refractivity contribution in [2.45, 2.75) is 83.8 Å². The zero-order chi connectivity index (χ0) is 34.5. The second-order valence-corrected chi connectivity index (χ2v) is 12.6. The lowest BCUT2D eigenvalue weighted by Gasteiger charge is -2.40. The highest BCUT2D eigenvalue weighted by Crippen LogP contribution is 2.44. The summed E-state index contributed by atoms with van der Waals surface area (Å²) in [5.41, 5.74) is 3.72. The van der Waals surface area contributed by atoms with Crippen LogP contribution in [0.4, 0.5) is 4.79 Å². The number of piperazine rings is 1. The van der Waals surface area contributed by atoms with Crippen LogP contribution in [0.25, 0.3) is 10.9 Å². The predicted molar refractivity (Wildman–Crippen MR) is 169 cm³/mol. The monoisotopic (exact) mass is 656 g/mol. The molecule has 1 saturated heterocycles. The van der Waals surface area contributed by atoms with Crippen LogP contribution in [-0.4, -0.2) is 100 Å². The van der Waals surface area contributed by atoms with Crippen LogP contribution >= 0.6 is 0 Å². The molecular weight excluding hydrogens is 612 g/mol. The Morgan fingerprint density at radius 1 is 1.00 bits per heavy atom. The Hall–Kier alpha value is -4.62. The van der Waals surface area contributed by atoms with Crippen molar-refractivity contribution in [2.75, 3.05) is 39.4 Å². The number of phenolic OH excluding ortho intramolecular Hbond substituents is 1. The van der Waals surface area contributed by atoms with Crippen LogP contribution in [0.1, 0.15) is 88.7 Å². The van der Waals surface area contributed by atoms with Gasteiger partial charge in [-0.05, 0) is 72.4 Å². The van der Waals surface area contributed by atoms with Gasteiger partial charge < -0.3 is 39.6 Å². The smallest absolute Gasteiger partial charge is 0.409 e. The maximum Gasteiger partial charge on any atom is 0.409 e. The molecule has 3 amide bonds. The second-order valence-electron chi connectivity index (χ2n) is 12.6. The molecule has 0 radical (unpaired) electrons. The van der Waals surface area contributed by atoms with E-state index in [4.69, 9.17) is 24.7 Å². The van der Waals surface area contributed by atoms with E-state index in [-0.39, 0.29) is 85.9 Å². The zero-order valence-electron chi connectivity index (χ0n) is 27.6. The third-order valence-corrected chi connectivity index (χ3v) is 8.11. The molecule has 2 fully saturated rings. The van der Waals surface area contributed by atoms with Crippen molar-refractivity contribution in [3.05, 3.63) is 29.5 Å². The Labute approximate surface area is 273 Å². The standard InChI is InChI=1S/C33H44N4O10/c1-6-44-30(42)33(13-8-14-33)47-27-21-10-9-20(38)19-23(21)35-26(25(27)28(34)40)22(11-12-24(39)46-32(3,4)5)29(41)36-15-17-37(18-16-36)31(43)45-7-2/h9-10,19,22,38H,6-8,11-18H2,1-5H3,(H2,34,40). The number of carbonyl (C=O) groups is 5. The number of fused-ring (bicyclic) bond motifs is 1. The fourth-order valence-corrected chi connectivity index (χ4v) is 5.72. The minimum atomic E-state index is -1.39. The van der Waals surface area contributed by atoms with E-state index in [1.165, 1.54) is 28.0 Å². The molecule has 2 aromatic rings. The first-order valence-electron chi connectivity index (χ1n) is 15.9. The number of primary amides is 1. The van der Waals surface area contributed by atoms with Gasteiger partial charge in [-0.15, -0.1) is 0 Å². The molecule has 1 aliphatic carbocycles. The highest BCUT2D eigenvalue weighted by atomic mass is 16.6. The Bertz CT molecular complexity index is 1520. The molecule has 1 saturated carbocycles. The zero-order valence-corrected chi connectivity index (χ0v) is 27.6. The first-order chi connectivity index (χ1) is 22.2. The summed E-state index contributed by atoms with van der Waals surface area (Å²) < 4.78 is 22.3. The van der Waals surface area contributed by atoms with Gasteiger partial charge in [0, 0.05) is 44.1 Å². The summed E-state index contributed by atoms with van der Waals surface area (Å²) in [6, 6.07) is 4.22. The van der Waals surface area contributed by atoms with Crippen molar-refractivity contribution in [1.82, 2.24) is 14.8 Å². The van der Waals surface area contributed by atoms with Gasteiger partial charge in [-0.25, -0.2) is 9.59 Å². The number of nitrogens with zero attached hydrogens (tertiary/aromatic N) is 3. The molecule has 1 unspecified atom stereocenters. The number of benzene rings is 1. The highest BCUT2D eigenvalue weighted by Gasteiger charge is 2.49. The molecule has 1 aromatic heterocycles. The predicted octanol–water partition coefficient (Wildman–Crippen LogP) is 3.41. The summed E-state index contributed by atoms with van der Waals surface area (Å²) >= 11 is 0. The average Bonchev–Trinajstić information content (AvgIpc) is 2.97. The van der Waals surface area contributed by atoms with Crippen LogP contribution in [0.2, 0.25) is 0 Å². The van der Waals surface area contributed by atoms with E-state index < -0.39 is 47.0 Å². The Morgan fingerprint density at radius 3 is 2.19 bits per heavy atom. The van der Waals surface area contributed by atoms with Crippen molar-refractivity contribution in [3.63, 3.8) is 0 Å². The number of esters is 2. The molecular formula is C33H44N4O10. The van der Waals surface area contributed by atoms with Gasteiger partial charge >= 0.3 is 18.0 Å². The number of rotatable bonds is 11. The number of ether oxygens (including phenoxy) is 4. The van der Waals surface area contributed by atoms with Gasteiger partial charge in [-0.2, -0.15) is 0 Å². The fraction of sp³-hybridized carbons (Fsp3) is 0.576. The number of amides is 3. The lowest BCUT2D eigenvalue weighted by molar-refractivity contribution is -0.169. The van der Waals surface area contributed by atoms with E-state index in [2.05, 4.69) is 4.98 Å². The Balaban J connectivity index is 1.82. The molecule has 14 heteroatoms. The summed E-state index contributed by atoms with van der Waals surface area (Å²) in [6.07, 6.45) is 0.542. The van der Waals surface area contributed by atoms with Gasteiger partial charge in [-0.1, -0.05) is 0 Å². The normalized spacial score (nSPS) is 16.5. The number of carbonyl (C=O) groups excluding carboxylic acids is 5. The van der Waals surface area contributed by atoms with E-state index in [0.717, 1.165) is 0 Å². The van der Waals surface area contributed by atoms with E-state index in [1.54, 1.807) is 34.6 Å². The van der Waals surface area contributed by atoms with Crippen LogP contribution in [0.15, 0.2) is 18.2 Å². The van der Waals surface area contributed by atoms with E-state index >= 15 is 0 Å². The quantitative estimate of drug-likeness (QED) is 0.266. The van der Waals surface area contributed by atoms with E-state index in [1.807, 2.05) is 0 Å². The molecule has 0 bridgehead atoms. The molecule has 14 nitrogen and oxygen atoms in total. The lowest BCUT2D eigenvalue weighted by atomic mass is 9.79. The van der Waals surface area contributed by atoms with Crippen LogP contribution in [0, 0.1) is 0 Å². The fourth-order valence-electron chi connectivity index (χ4n) is 5.72. The van der Waals surface area contributed by atoms with Gasteiger partial charge in [0.05, 0.1) is 30.3 Å². The van der Waals surface area contributed by atoms with Crippen LogP contribution in [0.3, 0.4) is 0 Å². The largest absolute Gasteiger partial charge is 0.508 e. The second kappa shape index (κ2) is 14.4. The minimum absolute atomic E-state index is 0.0625. The van der Waals surface area contributed by atoms with Gasteiger partial charge in [0.1, 0.15) is 22.7 Å². The van der Waals surface area contributed by atoms with Crippen LogP contribution in [-0.2, 0) is 28.6 Å². The number of aromatic nitrogens is 1. The number of pyridine rings is 1. The van der Waals surface area contributed by atoms with Gasteiger partial charge in [0.15, 0.2) is 0 Å². The summed E-state index contributed by atoms with van der Waals surface area (Å²) in [6.45, 7) is 9.63. The van der Waals surface area contributed by atoms with Gasteiger partial charge in [0.25, 0.3) is 5.91 Å². The number of hydrogen-bond donors (Lipinski definition) is 2. The number of nitrogens with two attached hydrogens (primary N) is 1. The molecule has 3 N–H and O–H groups in total. The SMILES string of the molecule is CCOC(=O)N1CCN(C(=O)C(CCC(=O)OC(C)(C)C)c2nc3cc(O)ccc3c(OC3(C(=O)OCC)CCC3)c2C(N)=O)CC1. The Morgan fingerprint density at radius 2 is 1.64 bits per heavy atom. The van der Waals surface area contributed by atoms with Crippen LogP contribution in [0.5, 0.6) is 11.5 Å². The number of phenols is 1. The minimum Gasteiger partial charge on any atom is -0.508 e. The first kappa shape index (κ1) is 35.2. The van der Waals surface area contributed by atoms with Crippen LogP contribution < -0.4 is 10.5 Å². The molecule has 256 valence electrons. The van der Waals surface area contributed by atoms with Crippen molar-refractivity contribution in [3.8, 4) is 11.5 Å². The molecule has 2 aliphatic rings. The van der Waals surface area contributed by atoms with E-state index in [9.17, 15) is 29.1 Å². The molecule has 1 aromatic carbocycles. The lowest BCUT2D eigenvalue weighted by Crippen LogP contribution is -2.52. The van der Waals surface area contributed by atoms with Gasteiger partial charge in [0.2, 0.25) is 11.5 Å². The number of aromatic hydroxyl groups is 1. The van der Waals surface area contributed by atoms with E-state index in [0.29, 0.717) is 19.3 Å². The van der Waals surface area contributed by atoms with Crippen molar-refractivity contribution >= 4 is 40.7 Å². The number of hydrogen-bond acceptors (Lipinski definition) is 11. The third-order valence-electron chi connectivity index (χ3n) is 8.11. The molecule has 1 atom stereocenters. The third kappa shape index (κ3) is 8.03. The van der Waals surface area contributed by atoms with Gasteiger partial charge in [-0.3, -0.25) is 19.4 Å². The maximum absolute atomic E-state index is 14.3. The molecule has 0 spiro atoms. The van der Waals surface area contributed by atoms with Crippen molar-refractivity contribution in [2.24, 2.45) is 5.73 Å². The topological polar surface area (TPSA) is 188 Å². The van der Waals surface area contributed by atoms with Crippen molar-refractivity contribution < 1.29 is 48.0 Å².